The first-order chi connectivity index (χ1) is 9.88. The van der Waals surface area contributed by atoms with Crippen LogP contribution in [-0.2, 0) is 21.2 Å². The van der Waals surface area contributed by atoms with E-state index in [0.29, 0.717) is 30.8 Å². The summed E-state index contributed by atoms with van der Waals surface area (Å²) in [5, 5.41) is 9.60. The van der Waals surface area contributed by atoms with Gasteiger partial charge in [-0.1, -0.05) is 23.7 Å². The maximum Gasteiger partial charge on any atom is 0.307 e. The van der Waals surface area contributed by atoms with E-state index in [1.165, 1.54) is 4.31 Å². The minimum absolute atomic E-state index is 0.0281. The summed E-state index contributed by atoms with van der Waals surface area (Å²) < 4.78 is 25.9. The third-order valence-electron chi connectivity index (χ3n) is 3.66. The van der Waals surface area contributed by atoms with Crippen LogP contribution in [0, 0.1) is 5.92 Å². The van der Waals surface area contributed by atoms with Gasteiger partial charge in [-0.15, -0.1) is 0 Å². The number of hydrogen-bond donors (Lipinski definition) is 1. The summed E-state index contributed by atoms with van der Waals surface area (Å²) in [6.07, 6.45) is 1.50. The molecule has 1 aliphatic heterocycles. The van der Waals surface area contributed by atoms with Gasteiger partial charge in [0.15, 0.2) is 0 Å². The lowest BCUT2D eigenvalue weighted by molar-refractivity contribution is -0.142. The van der Waals surface area contributed by atoms with Gasteiger partial charge in [-0.2, -0.15) is 0 Å². The molecule has 7 heteroatoms. The lowest BCUT2D eigenvalue weighted by Gasteiger charge is -2.29. The topological polar surface area (TPSA) is 74.7 Å². The van der Waals surface area contributed by atoms with E-state index >= 15 is 0 Å². The Kier molecular flexibility index (Phi) is 5.24. The Balaban J connectivity index is 1.99. The van der Waals surface area contributed by atoms with Gasteiger partial charge in [0.1, 0.15) is 0 Å². The molecule has 0 spiro atoms. The van der Waals surface area contributed by atoms with Crippen molar-refractivity contribution in [2.45, 2.75) is 19.3 Å². The average Bonchev–Trinajstić information content (AvgIpc) is 2.45. The van der Waals surface area contributed by atoms with Gasteiger partial charge in [0, 0.05) is 18.1 Å². The number of carboxylic acid groups (broad SMARTS) is 1. The molecule has 1 aliphatic rings. The molecular formula is C14H18ClNO4S. The highest BCUT2D eigenvalue weighted by atomic mass is 35.5. The summed E-state index contributed by atoms with van der Waals surface area (Å²) in [6, 6.07) is 7.10. The van der Waals surface area contributed by atoms with Crippen LogP contribution in [0.1, 0.15) is 18.4 Å². The molecule has 1 atom stereocenters. The first-order valence-electron chi connectivity index (χ1n) is 6.83. The van der Waals surface area contributed by atoms with Crippen LogP contribution in [-0.4, -0.2) is 42.6 Å². The number of carbonyl (C=O) groups is 1. The maximum absolute atomic E-state index is 12.3. The van der Waals surface area contributed by atoms with Crippen molar-refractivity contribution in [3.05, 3.63) is 34.9 Å². The Labute approximate surface area is 129 Å². The van der Waals surface area contributed by atoms with Crippen LogP contribution < -0.4 is 0 Å². The fraction of sp³-hybridized carbons (Fsp3) is 0.500. The van der Waals surface area contributed by atoms with E-state index in [-0.39, 0.29) is 12.3 Å². The summed E-state index contributed by atoms with van der Waals surface area (Å²) >= 11 is 5.87. The number of halogens is 1. The van der Waals surface area contributed by atoms with Crippen LogP contribution in [0.15, 0.2) is 24.3 Å². The van der Waals surface area contributed by atoms with Gasteiger partial charge >= 0.3 is 5.97 Å². The van der Waals surface area contributed by atoms with Crippen LogP contribution in [0.3, 0.4) is 0 Å². The van der Waals surface area contributed by atoms with Gasteiger partial charge in [-0.25, -0.2) is 12.7 Å². The van der Waals surface area contributed by atoms with Crippen molar-refractivity contribution in [1.29, 1.82) is 0 Å². The van der Waals surface area contributed by atoms with E-state index < -0.39 is 21.9 Å². The van der Waals surface area contributed by atoms with Gasteiger partial charge in [0.05, 0.1) is 11.7 Å². The number of rotatable bonds is 5. The van der Waals surface area contributed by atoms with Crippen molar-refractivity contribution in [2.75, 3.05) is 18.8 Å². The molecule has 0 radical (unpaired) electrons. The molecule has 1 saturated heterocycles. The lowest BCUT2D eigenvalue weighted by atomic mass is 10.0. The predicted molar refractivity (Wildman–Crippen MR) is 80.9 cm³/mol. The smallest absolute Gasteiger partial charge is 0.307 e. The van der Waals surface area contributed by atoms with E-state index in [9.17, 15) is 13.2 Å². The number of sulfonamides is 1. The number of hydrogen-bond acceptors (Lipinski definition) is 3. The van der Waals surface area contributed by atoms with Crippen molar-refractivity contribution < 1.29 is 18.3 Å². The molecule has 0 amide bonds. The molecule has 1 fully saturated rings. The van der Waals surface area contributed by atoms with Crippen molar-refractivity contribution in [3.63, 3.8) is 0 Å². The molecule has 21 heavy (non-hydrogen) atoms. The first-order valence-corrected chi connectivity index (χ1v) is 8.82. The fourth-order valence-electron chi connectivity index (χ4n) is 2.47. The molecular weight excluding hydrogens is 314 g/mol. The third kappa shape index (κ3) is 4.43. The maximum atomic E-state index is 12.3. The monoisotopic (exact) mass is 331 g/mol. The Bertz CT molecular complexity index is 617. The zero-order chi connectivity index (χ0) is 15.5. The Morgan fingerprint density at radius 2 is 2.19 bits per heavy atom. The number of aliphatic carboxylic acids is 1. The molecule has 0 aliphatic carbocycles. The Morgan fingerprint density at radius 3 is 2.86 bits per heavy atom. The van der Waals surface area contributed by atoms with Gasteiger partial charge in [-0.3, -0.25) is 4.79 Å². The predicted octanol–water partition coefficient (Wildman–Crippen LogP) is 2.01. The molecule has 5 nitrogen and oxygen atoms in total. The molecule has 1 N–H and O–H groups in total. The lowest BCUT2D eigenvalue weighted by Crippen LogP contribution is -2.43. The number of nitrogens with zero attached hydrogens (tertiary/aromatic N) is 1. The van der Waals surface area contributed by atoms with Crippen molar-refractivity contribution >= 4 is 27.6 Å². The van der Waals surface area contributed by atoms with E-state index in [1.807, 2.05) is 6.07 Å². The van der Waals surface area contributed by atoms with Crippen LogP contribution in [0.4, 0.5) is 0 Å². The van der Waals surface area contributed by atoms with E-state index in [2.05, 4.69) is 0 Å². The third-order valence-corrected chi connectivity index (χ3v) is 5.74. The minimum atomic E-state index is -3.43. The van der Waals surface area contributed by atoms with E-state index in [4.69, 9.17) is 16.7 Å². The van der Waals surface area contributed by atoms with Crippen LogP contribution in [0.2, 0.25) is 5.02 Å². The van der Waals surface area contributed by atoms with Crippen LogP contribution in [0.5, 0.6) is 0 Å². The molecule has 0 saturated carbocycles. The Morgan fingerprint density at radius 1 is 1.43 bits per heavy atom. The molecule has 0 bridgehead atoms. The first kappa shape index (κ1) is 16.3. The second-order valence-electron chi connectivity index (χ2n) is 5.23. The molecule has 2 rings (SSSR count). The number of benzene rings is 1. The van der Waals surface area contributed by atoms with Crippen molar-refractivity contribution in [1.82, 2.24) is 4.31 Å². The highest BCUT2D eigenvalue weighted by molar-refractivity contribution is 7.89. The SMILES string of the molecule is O=C(O)C1CCCN(S(=O)(=O)CCc2cccc(Cl)c2)C1. The highest BCUT2D eigenvalue weighted by Crippen LogP contribution is 2.20. The standard InChI is InChI=1S/C14H18ClNO4S/c15-13-5-1-3-11(9-13)6-8-21(19,20)16-7-2-4-12(10-16)14(17)18/h1,3,5,9,12H,2,4,6-8,10H2,(H,17,18). The molecule has 1 aromatic rings. The summed E-state index contributed by atoms with van der Waals surface area (Å²) in [7, 11) is -3.43. The van der Waals surface area contributed by atoms with Crippen molar-refractivity contribution in [3.8, 4) is 0 Å². The molecule has 0 aromatic heterocycles. The highest BCUT2D eigenvalue weighted by Gasteiger charge is 2.31. The van der Waals surface area contributed by atoms with Gasteiger partial charge < -0.3 is 5.11 Å². The van der Waals surface area contributed by atoms with Crippen LogP contribution in [0.25, 0.3) is 0 Å². The zero-order valence-corrected chi connectivity index (χ0v) is 13.1. The van der Waals surface area contributed by atoms with Crippen LogP contribution >= 0.6 is 11.6 Å². The normalized spacial score (nSPS) is 20.3. The summed E-state index contributed by atoms with van der Waals surface area (Å²) in [4.78, 5) is 11.0. The number of piperidine rings is 1. The molecule has 116 valence electrons. The van der Waals surface area contributed by atoms with Crippen molar-refractivity contribution in [2.24, 2.45) is 5.92 Å². The summed E-state index contributed by atoms with van der Waals surface area (Å²) in [5.41, 5.74) is 0.859. The van der Waals surface area contributed by atoms with E-state index in [1.54, 1.807) is 18.2 Å². The second-order valence-corrected chi connectivity index (χ2v) is 7.76. The largest absolute Gasteiger partial charge is 0.481 e. The van der Waals surface area contributed by atoms with Gasteiger partial charge in [0.2, 0.25) is 10.0 Å². The quantitative estimate of drug-likeness (QED) is 0.895. The molecule has 1 unspecified atom stereocenters. The van der Waals surface area contributed by atoms with E-state index in [0.717, 1.165) is 5.56 Å². The summed E-state index contributed by atoms with van der Waals surface area (Å²) in [6.45, 7) is 0.481. The number of carboxylic acids is 1. The molecule has 1 heterocycles. The fourth-order valence-corrected chi connectivity index (χ4v) is 4.24. The molecule has 1 aromatic carbocycles. The average molecular weight is 332 g/mol. The second kappa shape index (κ2) is 6.77. The summed E-state index contributed by atoms with van der Waals surface area (Å²) in [5.74, 6) is -1.55. The zero-order valence-electron chi connectivity index (χ0n) is 11.5. The van der Waals surface area contributed by atoms with Gasteiger partial charge in [-0.05, 0) is 37.0 Å². The minimum Gasteiger partial charge on any atom is -0.481 e. The van der Waals surface area contributed by atoms with Gasteiger partial charge in [0.25, 0.3) is 0 Å². The number of aryl methyl sites for hydroxylation is 1. The Hall–Kier alpha value is -1.11.